The summed E-state index contributed by atoms with van der Waals surface area (Å²) in [5.41, 5.74) is 9.77. The second-order valence-corrected chi connectivity index (χ2v) is 7.00. The maximum atomic E-state index is 11.6. The molecule has 1 amide bonds. The van der Waals surface area contributed by atoms with Gasteiger partial charge in [-0.05, 0) is 36.8 Å². The molecule has 4 aromatic rings. The van der Waals surface area contributed by atoms with Gasteiger partial charge in [0.25, 0.3) is 0 Å². The van der Waals surface area contributed by atoms with E-state index in [2.05, 4.69) is 15.4 Å². The minimum absolute atomic E-state index is 0. The van der Waals surface area contributed by atoms with Crippen molar-refractivity contribution < 1.29 is 14.3 Å². The van der Waals surface area contributed by atoms with Crippen molar-refractivity contribution in [2.45, 2.75) is 14.4 Å². The quantitative estimate of drug-likeness (QED) is 0.402. The lowest BCUT2D eigenvalue weighted by atomic mass is 10.0. The van der Waals surface area contributed by atoms with Gasteiger partial charge in [0.1, 0.15) is 5.75 Å². The van der Waals surface area contributed by atoms with E-state index < -0.39 is 5.91 Å². The van der Waals surface area contributed by atoms with Crippen LogP contribution in [-0.2, 0) is 4.74 Å². The van der Waals surface area contributed by atoms with Crippen molar-refractivity contribution in [3.05, 3.63) is 71.9 Å². The summed E-state index contributed by atoms with van der Waals surface area (Å²) >= 11 is 0. The van der Waals surface area contributed by atoms with E-state index in [-0.39, 0.29) is 7.43 Å². The summed E-state index contributed by atoms with van der Waals surface area (Å²) in [5, 5.41) is 7.98. The Bertz CT molecular complexity index is 1220. The van der Waals surface area contributed by atoms with Crippen LogP contribution in [0.4, 0.5) is 5.69 Å². The zero-order valence-corrected chi connectivity index (χ0v) is 17.3. The van der Waals surface area contributed by atoms with E-state index in [4.69, 9.17) is 15.2 Å². The summed E-state index contributed by atoms with van der Waals surface area (Å²) in [4.78, 5) is 16.1. The minimum atomic E-state index is -0.455. The van der Waals surface area contributed by atoms with Crippen LogP contribution < -0.4 is 15.8 Å². The van der Waals surface area contributed by atoms with Crippen molar-refractivity contribution in [1.82, 2.24) is 14.6 Å². The molecule has 0 saturated heterocycles. The molecule has 0 saturated carbocycles. The predicted molar refractivity (Wildman–Crippen MR) is 125 cm³/mol. The van der Waals surface area contributed by atoms with E-state index in [0.29, 0.717) is 36.0 Å². The highest BCUT2D eigenvalue weighted by Gasteiger charge is 2.15. The average molecular weight is 434 g/mol. The number of nitrogens with two attached hydrogens (primary N) is 1. The maximum absolute atomic E-state index is 11.6. The molecular weight excluding hydrogens is 406 g/mol. The number of nitrogens with zero attached hydrogens (tertiary/aromatic N) is 3. The third kappa shape index (κ3) is 4.70. The number of benzene rings is 2. The van der Waals surface area contributed by atoms with E-state index in [1.807, 2.05) is 55.5 Å². The van der Waals surface area contributed by atoms with Crippen LogP contribution >= 0.6 is 0 Å². The number of ether oxygens (including phenoxy) is 2. The number of fused-ring (bicyclic) bond motifs is 1. The van der Waals surface area contributed by atoms with Gasteiger partial charge >= 0.3 is 0 Å². The Morgan fingerprint density at radius 3 is 2.62 bits per heavy atom. The van der Waals surface area contributed by atoms with Gasteiger partial charge in [-0.1, -0.05) is 31.7 Å². The first-order chi connectivity index (χ1) is 15.1. The highest BCUT2D eigenvalue weighted by Crippen LogP contribution is 2.29. The second kappa shape index (κ2) is 9.93. The zero-order chi connectivity index (χ0) is 21.8. The number of hydrogen-bond donors (Lipinski definition) is 2. The SMILES string of the molecule is C.COCCNc1cc(Oc2ccccc2)nn2c(-c3ccc(C(N)=O)c(C)c3)cnc12. The Balaban J connectivity index is 0.00000289. The molecule has 4 rings (SSSR count). The highest BCUT2D eigenvalue weighted by molar-refractivity contribution is 5.94. The van der Waals surface area contributed by atoms with Gasteiger partial charge in [-0.3, -0.25) is 4.79 Å². The van der Waals surface area contributed by atoms with Crippen molar-refractivity contribution >= 4 is 17.2 Å². The van der Waals surface area contributed by atoms with Crippen LogP contribution in [0.3, 0.4) is 0 Å². The van der Waals surface area contributed by atoms with E-state index in [0.717, 1.165) is 22.5 Å². The lowest BCUT2D eigenvalue weighted by Crippen LogP contribution is -2.12. The Kier molecular flexibility index (Phi) is 7.07. The number of rotatable bonds is 8. The fourth-order valence-electron chi connectivity index (χ4n) is 3.32. The van der Waals surface area contributed by atoms with Gasteiger partial charge in [-0.15, -0.1) is 5.10 Å². The number of anilines is 1. The molecule has 0 atom stereocenters. The number of carbonyl (C=O) groups excluding carboxylic acids is 1. The molecular formula is C24H27N5O3. The first-order valence-electron chi connectivity index (χ1n) is 9.82. The molecule has 0 aliphatic rings. The van der Waals surface area contributed by atoms with E-state index in [9.17, 15) is 4.79 Å². The Morgan fingerprint density at radius 1 is 1.16 bits per heavy atom. The summed E-state index contributed by atoms with van der Waals surface area (Å²) < 4.78 is 12.8. The van der Waals surface area contributed by atoms with Gasteiger partial charge in [0.05, 0.1) is 24.2 Å². The van der Waals surface area contributed by atoms with Gasteiger partial charge in [0, 0.05) is 30.8 Å². The van der Waals surface area contributed by atoms with Gasteiger partial charge < -0.3 is 20.5 Å². The number of para-hydroxylation sites is 1. The molecule has 0 unspecified atom stereocenters. The van der Waals surface area contributed by atoms with Crippen LogP contribution in [0.25, 0.3) is 16.9 Å². The number of amides is 1. The largest absolute Gasteiger partial charge is 0.438 e. The highest BCUT2D eigenvalue weighted by atomic mass is 16.5. The molecule has 8 heteroatoms. The molecule has 3 N–H and O–H groups in total. The van der Waals surface area contributed by atoms with Crippen LogP contribution in [0.1, 0.15) is 23.3 Å². The number of methoxy groups -OCH3 is 1. The van der Waals surface area contributed by atoms with Gasteiger partial charge in [0.2, 0.25) is 11.8 Å². The lowest BCUT2D eigenvalue weighted by molar-refractivity contribution is 0.0999. The van der Waals surface area contributed by atoms with Crippen LogP contribution in [0.2, 0.25) is 0 Å². The fraction of sp³-hybridized carbons (Fsp3) is 0.208. The summed E-state index contributed by atoms with van der Waals surface area (Å²) in [7, 11) is 1.65. The summed E-state index contributed by atoms with van der Waals surface area (Å²) in [5.74, 6) is 0.646. The Hall–Kier alpha value is -3.91. The maximum Gasteiger partial charge on any atom is 0.248 e. The van der Waals surface area contributed by atoms with Crippen molar-refractivity contribution in [3.63, 3.8) is 0 Å². The fourth-order valence-corrected chi connectivity index (χ4v) is 3.32. The summed E-state index contributed by atoms with van der Waals surface area (Å²) in [6.07, 6.45) is 1.74. The van der Waals surface area contributed by atoms with Crippen molar-refractivity contribution in [2.24, 2.45) is 5.73 Å². The molecule has 2 aromatic heterocycles. The molecule has 2 heterocycles. The first-order valence-corrected chi connectivity index (χ1v) is 9.82. The van der Waals surface area contributed by atoms with Crippen molar-refractivity contribution in [1.29, 1.82) is 0 Å². The lowest BCUT2D eigenvalue weighted by Gasteiger charge is -2.12. The number of nitrogens with one attached hydrogen (secondary N) is 1. The number of aryl methyl sites for hydroxylation is 1. The Morgan fingerprint density at radius 2 is 1.94 bits per heavy atom. The standard InChI is InChI=1S/C23H23N5O3.CH4/c1-15-12-16(8-9-18(15)22(24)29)20-14-26-23-19(25-10-11-30-2)13-21(27-28(20)23)31-17-6-4-3-5-7-17;/h3-9,12-14,25H,10-11H2,1-2H3,(H2,24,29);1H4. The molecule has 0 aliphatic heterocycles. The van der Waals surface area contributed by atoms with Crippen LogP contribution in [0, 0.1) is 6.92 Å². The van der Waals surface area contributed by atoms with E-state index in [1.54, 1.807) is 23.9 Å². The number of carbonyl (C=O) groups is 1. The number of hydrogen-bond acceptors (Lipinski definition) is 6. The molecule has 0 fully saturated rings. The molecule has 2 aromatic carbocycles. The molecule has 0 spiro atoms. The summed E-state index contributed by atoms with van der Waals surface area (Å²) in [6, 6.07) is 16.7. The van der Waals surface area contributed by atoms with Gasteiger partial charge in [-0.2, -0.15) is 0 Å². The zero-order valence-electron chi connectivity index (χ0n) is 17.3. The normalized spacial score (nSPS) is 10.6. The third-order valence-electron chi connectivity index (χ3n) is 4.82. The van der Waals surface area contributed by atoms with Crippen molar-refractivity contribution in [3.8, 4) is 22.9 Å². The molecule has 32 heavy (non-hydrogen) atoms. The summed E-state index contributed by atoms with van der Waals surface area (Å²) in [6.45, 7) is 3.00. The van der Waals surface area contributed by atoms with E-state index >= 15 is 0 Å². The number of aromatic nitrogens is 3. The van der Waals surface area contributed by atoms with Crippen molar-refractivity contribution in [2.75, 3.05) is 25.6 Å². The Labute approximate surface area is 187 Å². The predicted octanol–water partition coefficient (Wildman–Crippen LogP) is 4.29. The average Bonchev–Trinajstić information content (AvgIpc) is 3.18. The molecule has 166 valence electrons. The first kappa shape index (κ1) is 22.8. The molecule has 0 bridgehead atoms. The smallest absolute Gasteiger partial charge is 0.248 e. The molecule has 8 nitrogen and oxygen atoms in total. The topological polar surface area (TPSA) is 104 Å². The van der Waals surface area contributed by atoms with Crippen LogP contribution in [-0.4, -0.2) is 40.8 Å². The van der Waals surface area contributed by atoms with Gasteiger partial charge in [0.15, 0.2) is 5.65 Å². The number of imidazole rings is 1. The molecule has 0 aliphatic carbocycles. The van der Waals surface area contributed by atoms with E-state index in [1.165, 1.54) is 0 Å². The van der Waals surface area contributed by atoms with Gasteiger partial charge in [-0.25, -0.2) is 9.50 Å². The molecule has 0 radical (unpaired) electrons. The third-order valence-corrected chi connectivity index (χ3v) is 4.82. The second-order valence-electron chi connectivity index (χ2n) is 7.00. The number of primary amides is 1. The van der Waals surface area contributed by atoms with Crippen LogP contribution in [0.15, 0.2) is 60.8 Å². The van der Waals surface area contributed by atoms with Crippen LogP contribution in [0.5, 0.6) is 11.6 Å². The monoisotopic (exact) mass is 433 g/mol. The minimum Gasteiger partial charge on any atom is -0.438 e.